The second-order valence-electron chi connectivity index (χ2n) is 9.56. The Hall–Kier alpha value is -3.62. The Morgan fingerprint density at radius 1 is 1.03 bits per heavy atom. The number of benzene rings is 2. The number of ether oxygens (including phenoxy) is 2. The molecular formula is C29H36N4O4. The van der Waals surface area contributed by atoms with E-state index in [0.717, 1.165) is 43.2 Å². The van der Waals surface area contributed by atoms with Crippen LogP contribution in [-0.2, 0) is 0 Å². The Labute approximate surface area is 218 Å². The fourth-order valence-corrected chi connectivity index (χ4v) is 4.27. The van der Waals surface area contributed by atoms with Crippen LogP contribution in [0.25, 0.3) is 0 Å². The molecule has 1 aliphatic rings. The summed E-state index contributed by atoms with van der Waals surface area (Å²) in [6.45, 7) is 10.00. The van der Waals surface area contributed by atoms with Crippen molar-refractivity contribution in [1.29, 1.82) is 0 Å². The number of carbonyl (C=O) groups excluding carboxylic acids is 1. The maximum Gasteiger partial charge on any atom is 0.256 e. The minimum atomic E-state index is -0.690. The zero-order valence-corrected chi connectivity index (χ0v) is 21.8. The van der Waals surface area contributed by atoms with Crippen LogP contribution in [0.4, 0.5) is 5.69 Å². The van der Waals surface area contributed by atoms with Gasteiger partial charge in [0.15, 0.2) is 0 Å². The average Bonchev–Trinajstić information content (AvgIpc) is 2.89. The molecule has 37 heavy (non-hydrogen) atoms. The third-order valence-electron chi connectivity index (χ3n) is 6.16. The fourth-order valence-electron chi connectivity index (χ4n) is 4.27. The number of para-hydroxylation sites is 2. The molecule has 1 aliphatic heterocycles. The van der Waals surface area contributed by atoms with Crippen molar-refractivity contribution in [1.82, 2.24) is 15.2 Å². The number of hydrogen-bond donors (Lipinski definition) is 2. The summed E-state index contributed by atoms with van der Waals surface area (Å²) < 4.78 is 11.8. The summed E-state index contributed by atoms with van der Waals surface area (Å²) in [5, 5.41) is 13.4. The van der Waals surface area contributed by atoms with Gasteiger partial charge in [-0.05, 0) is 57.2 Å². The molecule has 0 unspecified atom stereocenters. The van der Waals surface area contributed by atoms with E-state index in [9.17, 15) is 9.90 Å². The van der Waals surface area contributed by atoms with Crippen LogP contribution in [0.2, 0.25) is 0 Å². The number of piperazine rings is 1. The molecule has 8 heteroatoms. The van der Waals surface area contributed by atoms with Crippen molar-refractivity contribution in [2.24, 2.45) is 0 Å². The molecule has 1 aromatic heterocycles. The second-order valence-corrected chi connectivity index (χ2v) is 9.56. The second kappa shape index (κ2) is 12.6. The maximum absolute atomic E-state index is 12.8. The first-order chi connectivity index (χ1) is 17.9. The quantitative estimate of drug-likeness (QED) is 0.433. The molecule has 0 spiro atoms. The van der Waals surface area contributed by atoms with E-state index in [1.165, 1.54) is 0 Å². The topological polar surface area (TPSA) is 87.2 Å². The lowest BCUT2D eigenvalue weighted by atomic mass is 10.2. The lowest BCUT2D eigenvalue weighted by molar-refractivity contribution is 0.0849. The van der Waals surface area contributed by atoms with Gasteiger partial charge in [0.25, 0.3) is 5.91 Å². The van der Waals surface area contributed by atoms with E-state index in [-0.39, 0.29) is 24.4 Å². The Kier molecular flexibility index (Phi) is 8.98. The number of rotatable bonds is 10. The van der Waals surface area contributed by atoms with Crippen molar-refractivity contribution in [2.45, 2.75) is 33.0 Å². The first-order valence-corrected chi connectivity index (χ1v) is 12.8. The molecule has 2 N–H and O–H groups in total. The molecule has 2 heterocycles. The van der Waals surface area contributed by atoms with Crippen molar-refractivity contribution < 1.29 is 19.4 Å². The standard InChI is InChI=1S/C29H36N4O4/c1-21(2)36-27-9-5-4-8-26(27)33-17-15-32(16-18-33)20-23(34)19-31-28(35)25-7-6-14-30-29(25)37-24-12-10-22(3)11-13-24/h4-14,21,23,34H,15-20H2,1-3H3,(H,31,35)/t23-/m0/s1. The van der Waals surface area contributed by atoms with Gasteiger partial charge in [-0.2, -0.15) is 0 Å². The summed E-state index contributed by atoms with van der Waals surface area (Å²) in [5.74, 6) is 1.41. The fraction of sp³-hybridized carbons (Fsp3) is 0.379. The number of aryl methyl sites for hydroxylation is 1. The molecule has 8 nitrogen and oxygen atoms in total. The first kappa shape index (κ1) is 26.4. The van der Waals surface area contributed by atoms with Gasteiger partial charge >= 0.3 is 0 Å². The smallest absolute Gasteiger partial charge is 0.256 e. The number of carbonyl (C=O) groups is 1. The molecule has 1 atom stereocenters. The number of hydrogen-bond acceptors (Lipinski definition) is 7. The number of amides is 1. The van der Waals surface area contributed by atoms with Gasteiger partial charge in [-0.15, -0.1) is 0 Å². The Bertz CT molecular complexity index is 1160. The monoisotopic (exact) mass is 504 g/mol. The van der Waals surface area contributed by atoms with Gasteiger partial charge < -0.3 is 24.8 Å². The summed E-state index contributed by atoms with van der Waals surface area (Å²) in [6.07, 6.45) is 1.01. The molecular weight excluding hydrogens is 468 g/mol. The highest BCUT2D eigenvalue weighted by Crippen LogP contribution is 2.29. The SMILES string of the molecule is Cc1ccc(Oc2ncccc2C(=O)NC[C@H](O)CN2CCN(c3ccccc3OC(C)C)CC2)cc1. The van der Waals surface area contributed by atoms with Gasteiger partial charge in [0.1, 0.15) is 17.1 Å². The number of β-amino-alcohol motifs (C(OH)–C–C–N with tert-alkyl or cyclic N) is 1. The van der Waals surface area contributed by atoms with Gasteiger partial charge in [-0.1, -0.05) is 29.8 Å². The third-order valence-corrected chi connectivity index (χ3v) is 6.16. The zero-order chi connectivity index (χ0) is 26.2. The number of pyridine rings is 1. The molecule has 0 aliphatic carbocycles. The average molecular weight is 505 g/mol. The summed E-state index contributed by atoms with van der Waals surface area (Å²) in [5.41, 5.74) is 2.54. The van der Waals surface area contributed by atoms with E-state index in [1.54, 1.807) is 18.3 Å². The maximum atomic E-state index is 12.8. The number of anilines is 1. The molecule has 0 radical (unpaired) electrons. The number of aliphatic hydroxyl groups excluding tert-OH is 1. The predicted octanol–water partition coefficient (Wildman–Crippen LogP) is 3.88. The van der Waals surface area contributed by atoms with Crippen molar-refractivity contribution in [3.63, 3.8) is 0 Å². The molecule has 3 aromatic rings. The highest BCUT2D eigenvalue weighted by molar-refractivity contribution is 5.96. The van der Waals surface area contributed by atoms with E-state index in [0.29, 0.717) is 17.9 Å². The Balaban J connectivity index is 1.26. The van der Waals surface area contributed by atoms with Crippen LogP contribution >= 0.6 is 0 Å². The number of aromatic nitrogens is 1. The summed E-state index contributed by atoms with van der Waals surface area (Å²) in [4.78, 5) is 21.6. The number of nitrogens with zero attached hydrogens (tertiary/aromatic N) is 3. The highest BCUT2D eigenvalue weighted by atomic mass is 16.5. The van der Waals surface area contributed by atoms with Gasteiger partial charge in [-0.3, -0.25) is 9.69 Å². The normalized spacial score (nSPS) is 14.9. The lowest BCUT2D eigenvalue weighted by Gasteiger charge is -2.37. The molecule has 0 saturated carbocycles. The molecule has 1 saturated heterocycles. The van der Waals surface area contributed by atoms with Crippen LogP contribution in [0.3, 0.4) is 0 Å². The first-order valence-electron chi connectivity index (χ1n) is 12.8. The minimum absolute atomic E-state index is 0.115. The molecule has 196 valence electrons. The van der Waals surface area contributed by atoms with Crippen molar-refractivity contribution in [3.8, 4) is 17.4 Å². The van der Waals surface area contributed by atoms with Gasteiger partial charge in [0.2, 0.25) is 5.88 Å². The molecule has 1 amide bonds. The molecule has 4 rings (SSSR count). The zero-order valence-electron chi connectivity index (χ0n) is 21.8. The van der Waals surface area contributed by atoms with E-state index in [4.69, 9.17) is 9.47 Å². The van der Waals surface area contributed by atoms with Crippen LogP contribution < -0.4 is 19.7 Å². The van der Waals surface area contributed by atoms with Crippen molar-refractivity contribution >= 4 is 11.6 Å². The van der Waals surface area contributed by atoms with E-state index in [2.05, 4.69) is 26.2 Å². The minimum Gasteiger partial charge on any atom is -0.489 e. The van der Waals surface area contributed by atoms with Gasteiger partial charge in [0, 0.05) is 45.5 Å². The molecule has 2 aromatic carbocycles. The van der Waals surface area contributed by atoms with Crippen LogP contribution in [0, 0.1) is 6.92 Å². The van der Waals surface area contributed by atoms with Crippen LogP contribution in [0.15, 0.2) is 66.9 Å². The summed E-state index contributed by atoms with van der Waals surface area (Å²) in [7, 11) is 0. The largest absolute Gasteiger partial charge is 0.489 e. The van der Waals surface area contributed by atoms with Crippen LogP contribution in [0.5, 0.6) is 17.4 Å². The van der Waals surface area contributed by atoms with E-state index in [1.807, 2.05) is 63.2 Å². The predicted molar refractivity (Wildman–Crippen MR) is 145 cm³/mol. The molecule has 1 fully saturated rings. The van der Waals surface area contributed by atoms with Gasteiger partial charge in [-0.25, -0.2) is 4.98 Å². The van der Waals surface area contributed by atoms with Gasteiger partial charge in [0.05, 0.1) is 17.9 Å². The third kappa shape index (κ3) is 7.44. The van der Waals surface area contributed by atoms with Crippen molar-refractivity contribution in [2.75, 3.05) is 44.2 Å². The summed E-state index contributed by atoms with van der Waals surface area (Å²) >= 11 is 0. The summed E-state index contributed by atoms with van der Waals surface area (Å²) in [6, 6.07) is 19.0. The van der Waals surface area contributed by atoms with Crippen molar-refractivity contribution in [3.05, 3.63) is 78.0 Å². The van der Waals surface area contributed by atoms with Crippen LogP contribution in [-0.4, -0.2) is 72.4 Å². The van der Waals surface area contributed by atoms with E-state index >= 15 is 0 Å². The Morgan fingerprint density at radius 3 is 2.49 bits per heavy atom. The lowest BCUT2D eigenvalue weighted by Crippen LogP contribution is -2.50. The highest BCUT2D eigenvalue weighted by Gasteiger charge is 2.22. The Morgan fingerprint density at radius 2 is 1.76 bits per heavy atom. The van der Waals surface area contributed by atoms with Crippen LogP contribution in [0.1, 0.15) is 29.8 Å². The number of aliphatic hydroxyl groups is 1. The molecule has 0 bridgehead atoms. The number of nitrogens with one attached hydrogen (secondary N) is 1. The van der Waals surface area contributed by atoms with E-state index < -0.39 is 6.10 Å².